The molecule has 3 nitrogen and oxygen atoms in total. The number of benzene rings is 2. The summed E-state index contributed by atoms with van der Waals surface area (Å²) in [6, 6.07) is 12.5. The lowest BCUT2D eigenvalue weighted by Crippen LogP contribution is -2.07. The van der Waals surface area contributed by atoms with Crippen LogP contribution in [0.25, 0.3) is 10.9 Å². The van der Waals surface area contributed by atoms with Gasteiger partial charge in [-0.05, 0) is 30.3 Å². The summed E-state index contributed by atoms with van der Waals surface area (Å²) < 4.78 is 37.8. The van der Waals surface area contributed by atoms with E-state index in [2.05, 4.69) is 4.98 Å². The third kappa shape index (κ3) is 2.88. The maximum atomic E-state index is 12.6. The molecular formula is C17H11F3N2O. The molecule has 2 N–H and O–H groups in total. The van der Waals surface area contributed by atoms with Crippen molar-refractivity contribution in [3.05, 3.63) is 71.3 Å². The first-order valence-corrected chi connectivity index (χ1v) is 6.73. The average Bonchev–Trinajstić information content (AvgIpc) is 2.53. The topological polar surface area (TPSA) is 56.0 Å². The van der Waals surface area contributed by atoms with Crippen LogP contribution in [0, 0.1) is 0 Å². The molecule has 0 spiro atoms. The Morgan fingerprint density at radius 2 is 1.65 bits per heavy atom. The second-order valence-electron chi connectivity index (χ2n) is 5.02. The standard InChI is InChI=1S/C17H11F3N2O/c18-17(19,20)12-7-4-11(5-8-12)16(23)13-3-1-2-10-6-9-14(21)22-15(10)13/h1-9H,(H2,21,22). The van der Waals surface area contributed by atoms with Gasteiger partial charge in [-0.15, -0.1) is 0 Å². The van der Waals surface area contributed by atoms with E-state index in [1.54, 1.807) is 30.3 Å². The number of ketones is 1. The fraction of sp³-hybridized carbons (Fsp3) is 0.0588. The van der Waals surface area contributed by atoms with Gasteiger partial charge in [0.15, 0.2) is 5.78 Å². The Morgan fingerprint density at radius 1 is 0.957 bits per heavy atom. The minimum atomic E-state index is -4.43. The van der Waals surface area contributed by atoms with E-state index in [1.807, 2.05) is 0 Å². The predicted octanol–water partition coefficient (Wildman–Crippen LogP) is 4.07. The molecule has 0 aliphatic carbocycles. The third-order valence-electron chi connectivity index (χ3n) is 3.46. The molecule has 23 heavy (non-hydrogen) atoms. The van der Waals surface area contributed by atoms with Gasteiger partial charge in [0.05, 0.1) is 11.1 Å². The quantitative estimate of drug-likeness (QED) is 0.725. The summed E-state index contributed by atoms with van der Waals surface area (Å²) in [5.74, 6) is -0.132. The van der Waals surface area contributed by atoms with Crippen LogP contribution in [0.3, 0.4) is 0 Å². The highest BCUT2D eigenvalue weighted by atomic mass is 19.4. The summed E-state index contributed by atoms with van der Waals surface area (Å²) in [5, 5.41) is 0.733. The molecule has 0 bridgehead atoms. The monoisotopic (exact) mass is 316 g/mol. The van der Waals surface area contributed by atoms with Crippen molar-refractivity contribution >= 4 is 22.5 Å². The minimum Gasteiger partial charge on any atom is -0.384 e. The van der Waals surface area contributed by atoms with E-state index in [-0.39, 0.29) is 11.4 Å². The fourth-order valence-corrected chi connectivity index (χ4v) is 2.31. The maximum Gasteiger partial charge on any atom is 0.416 e. The molecule has 0 unspecified atom stereocenters. The van der Waals surface area contributed by atoms with Crippen LogP contribution in [0.4, 0.5) is 19.0 Å². The van der Waals surface area contributed by atoms with Gasteiger partial charge in [0.25, 0.3) is 0 Å². The lowest BCUT2D eigenvalue weighted by Gasteiger charge is -2.08. The predicted molar refractivity (Wildman–Crippen MR) is 81.0 cm³/mol. The third-order valence-corrected chi connectivity index (χ3v) is 3.46. The van der Waals surface area contributed by atoms with Gasteiger partial charge >= 0.3 is 6.18 Å². The smallest absolute Gasteiger partial charge is 0.384 e. The van der Waals surface area contributed by atoms with Crippen molar-refractivity contribution in [2.24, 2.45) is 0 Å². The number of para-hydroxylation sites is 1. The highest BCUT2D eigenvalue weighted by Gasteiger charge is 2.30. The Balaban J connectivity index is 2.05. The Kier molecular flexibility index (Phi) is 3.52. The van der Waals surface area contributed by atoms with Gasteiger partial charge in [0.2, 0.25) is 0 Å². The number of fused-ring (bicyclic) bond motifs is 1. The number of alkyl halides is 3. The van der Waals surface area contributed by atoms with E-state index in [4.69, 9.17) is 5.73 Å². The zero-order valence-corrected chi connectivity index (χ0v) is 11.8. The van der Waals surface area contributed by atoms with E-state index in [1.165, 1.54) is 0 Å². The zero-order chi connectivity index (χ0) is 16.6. The van der Waals surface area contributed by atoms with Gasteiger partial charge < -0.3 is 5.73 Å². The molecule has 2 aromatic carbocycles. The van der Waals surface area contributed by atoms with Crippen molar-refractivity contribution in [2.75, 3.05) is 5.73 Å². The van der Waals surface area contributed by atoms with Crippen LogP contribution < -0.4 is 5.73 Å². The number of rotatable bonds is 2. The van der Waals surface area contributed by atoms with Crippen molar-refractivity contribution in [1.29, 1.82) is 0 Å². The molecule has 6 heteroatoms. The van der Waals surface area contributed by atoms with Gasteiger partial charge in [-0.3, -0.25) is 4.79 Å². The van der Waals surface area contributed by atoms with E-state index in [0.29, 0.717) is 11.1 Å². The number of nitrogens with two attached hydrogens (primary N) is 1. The Bertz CT molecular complexity index is 886. The van der Waals surface area contributed by atoms with Gasteiger partial charge in [0, 0.05) is 16.5 Å². The number of carbonyl (C=O) groups excluding carboxylic acids is 1. The average molecular weight is 316 g/mol. The molecule has 0 saturated carbocycles. The second-order valence-corrected chi connectivity index (χ2v) is 5.02. The molecule has 0 amide bonds. The van der Waals surface area contributed by atoms with Crippen LogP contribution in [0.5, 0.6) is 0 Å². The van der Waals surface area contributed by atoms with E-state index in [9.17, 15) is 18.0 Å². The number of hydrogen-bond donors (Lipinski definition) is 1. The van der Waals surface area contributed by atoms with Crippen LogP contribution >= 0.6 is 0 Å². The second kappa shape index (κ2) is 5.39. The molecule has 0 radical (unpaired) electrons. The van der Waals surface area contributed by atoms with Crippen molar-refractivity contribution in [3.63, 3.8) is 0 Å². The molecule has 1 heterocycles. The van der Waals surface area contributed by atoms with Gasteiger partial charge in [-0.25, -0.2) is 4.98 Å². The van der Waals surface area contributed by atoms with E-state index in [0.717, 1.165) is 29.7 Å². The number of anilines is 1. The van der Waals surface area contributed by atoms with Crippen LogP contribution in [0.15, 0.2) is 54.6 Å². The summed E-state index contributed by atoms with van der Waals surface area (Å²) >= 11 is 0. The molecule has 3 rings (SSSR count). The first-order chi connectivity index (χ1) is 10.9. The summed E-state index contributed by atoms with van der Waals surface area (Å²) in [4.78, 5) is 16.7. The van der Waals surface area contributed by atoms with Gasteiger partial charge in [0.1, 0.15) is 5.82 Å². The summed E-state index contributed by atoms with van der Waals surface area (Å²) in [6.45, 7) is 0. The van der Waals surface area contributed by atoms with Gasteiger partial charge in [-0.2, -0.15) is 13.2 Å². The number of pyridine rings is 1. The molecule has 0 fully saturated rings. The lowest BCUT2D eigenvalue weighted by molar-refractivity contribution is -0.137. The maximum absolute atomic E-state index is 12.6. The zero-order valence-electron chi connectivity index (χ0n) is 11.8. The minimum absolute atomic E-state index is 0.162. The fourth-order valence-electron chi connectivity index (χ4n) is 2.31. The van der Waals surface area contributed by atoms with Crippen LogP contribution in [-0.2, 0) is 6.18 Å². The molecular weight excluding hydrogens is 305 g/mol. The molecule has 0 saturated heterocycles. The lowest BCUT2D eigenvalue weighted by atomic mass is 9.99. The molecule has 0 aliphatic heterocycles. The first-order valence-electron chi connectivity index (χ1n) is 6.73. The molecule has 0 atom stereocenters. The number of halogens is 3. The Labute approximate surface area is 129 Å². The largest absolute Gasteiger partial charge is 0.416 e. The van der Waals surface area contributed by atoms with Crippen LogP contribution in [0.1, 0.15) is 21.5 Å². The number of nitrogen functional groups attached to an aromatic ring is 1. The van der Waals surface area contributed by atoms with Crippen molar-refractivity contribution < 1.29 is 18.0 Å². The van der Waals surface area contributed by atoms with Gasteiger partial charge in [-0.1, -0.05) is 24.3 Å². The Hall–Kier alpha value is -2.89. The van der Waals surface area contributed by atoms with Crippen molar-refractivity contribution in [3.8, 4) is 0 Å². The highest BCUT2D eigenvalue weighted by molar-refractivity contribution is 6.15. The highest BCUT2D eigenvalue weighted by Crippen LogP contribution is 2.29. The number of carbonyl (C=O) groups is 1. The SMILES string of the molecule is Nc1ccc2cccc(C(=O)c3ccc(C(F)(F)F)cc3)c2n1. The van der Waals surface area contributed by atoms with E-state index >= 15 is 0 Å². The first kappa shape index (κ1) is 15.0. The number of nitrogens with zero attached hydrogens (tertiary/aromatic N) is 1. The number of aromatic nitrogens is 1. The molecule has 3 aromatic rings. The van der Waals surface area contributed by atoms with Crippen molar-refractivity contribution in [1.82, 2.24) is 4.98 Å². The summed E-state index contributed by atoms with van der Waals surface area (Å²) in [6.07, 6.45) is -4.43. The molecule has 116 valence electrons. The molecule has 0 aliphatic rings. The van der Waals surface area contributed by atoms with Crippen LogP contribution in [-0.4, -0.2) is 10.8 Å². The molecule has 1 aromatic heterocycles. The van der Waals surface area contributed by atoms with Crippen molar-refractivity contribution in [2.45, 2.75) is 6.18 Å². The number of hydrogen-bond acceptors (Lipinski definition) is 3. The summed E-state index contributed by atoms with van der Waals surface area (Å²) in [7, 11) is 0. The summed E-state index contributed by atoms with van der Waals surface area (Å²) in [5.41, 5.74) is 5.75. The van der Waals surface area contributed by atoms with Crippen LogP contribution in [0.2, 0.25) is 0 Å². The normalized spacial score (nSPS) is 11.6. The van der Waals surface area contributed by atoms with E-state index < -0.39 is 17.5 Å². The Morgan fingerprint density at radius 3 is 2.30 bits per heavy atom.